The van der Waals surface area contributed by atoms with Gasteiger partial charge in [0, 0.05) is 22.9 Å². The molecule has 4 rings (SSSR count). The molecule has 0 fully saturated rings. The molecule has 0 aliphatic carbocycles. The van der Waals surface area contributed by atoms with Crippen LogP contribution in [0, 0.1) is 0 Å². The number of benzene rings is 2. The van der Waals surface area contributed by atoms with Crippen LogP contribution in [0.2, 0.25) is 0 Å². The van der Waals surface area contributed by atoms with Gasteiger partial charge in [-0.1, -0.05) is 12.1 Å². The van der Waals surface area contributed by atoms with Gasteiger partial charge in [0.25, 0.3) is 5.91 Å². The minimum absolute atomic E-state index is 0.116. The molecule has 5 N–H and O–H groups in total. The summed E-state index contributed by atoms with van der Waals surface area (Å²) in [6, 6.07) is 14.1. The number of H-pyrrole nitrogens is 1. The van der Waals surface area contributed by atoms with Gasteiger partial charge in [-0.15, -0.1) is 0 Å². The molecule has 2 aromatic carbocycles. The maximum atomic E-state index is 11.0. The zero-order valence-corrected chi connectivity index (χ0v) is 14.6. The zero-order chi connectivity index (χ0) is 18.1. The number of rotatable bonds is 5. The van der Waals surface area contributed by atoms with Gasteiger partial charge in [-0.2, -0.15) is 0 Å². The van der Waals surface area contributed by atoms with Crippen LogP contribution in [-0.2, 0) is 11.2 Å². The highest BCUT2D eigenvalue weighted by Gasteiger charge is 2.29. The maximum Gasteiger partial charge on any atom is 0.255 e. The number of primary amides is 1. The largest absolute Gasteiger partial charge is 0.497 e. The summed E-state index contributed by atoms with van der Waals surface area (Å²) >= 11 is 0. The van der Waals surface area contributed by atoms with Crippen LogP contribution in [0.15, 0.2) is 42.5 Å². The van der Waals surface area contributed by atoms with Crippen molar-refractivity contribution in [1.29, 1.82) is 0 Å². The number of hydrogen-bond acceptors (Lipinski definition) is 3. The molecule has 0 saturated carbocycles. The van der Waals surface area contributed by atoms with Crippen LogP contribution in [0.1, 0.15) is 22.9 Å². The quantitative estimate of drug-likeness (QED) is 0.645. The van der Waals surface area contributed by atoms with Crippen molar-refractivity contribution < 1.29 is 19.6 Å². The third-order valence-corrected chi connectivity index (χ3v) is 4.85. The number of ether oxygens (including phenoxy) is 2. The number of hydrogen-bond donors (Lipinski definition) is 3. The second kappa shape index (κ2) is 6.72. The van der Waals surface area contributed by atoms with E-state index in [1.165, 1.54) is 16.6 Å². The molecule has 1 aliphatic rings. The van der Waals surface area contributed by atoms with Crippen molar-refractivity contribution in [3.05, 3.63) is 59.3 Å². The maximum absolute atomic E-state index is 11.0. The fourth-order valence-electron chi connectivity index (χ4n) is 3.68. The summed E-state index contributed by atoms with van der Waals surface area (Å²) in [6.45, 7) is 0.892. The SMILES string of the molecule is COc1ccc2[nH]c3c(c2c1)CC[NH2+][C@H]3c1cccc(OCC(N)=O)c1. The van der Waals surface area contributed by atoms with Gasteiger partial charge < -0.3 is 25.5 Å². The van der Waals surface area contributed by atoms with E-state index in [9.17, 15) is 4.79 Å². The number of carbonyl (C=O) groups is 1. The molecule has 6 heteroatoms. The molecule has 2 heterocycles. The van der Waals surface area contributed by atoms with Gasteiger partial charge in [-0.05, 0) is 35.9 Å². The van der Waals surface area contributed by atoms with Gasteiger partial charge in [-0.3, -0.25) is 4.79 Å². The molecule has 0 radical (unpaired) electrons. The van der Waals surface area contributed by atoms with Crippen LogP contribution >= 0.6 is 0 Å². The fraction of sp³-hybridized carbons (Fsp3) is 0.250. The molecule has 0 bridgehead atoms. The smallest absolute Gasteiger partial charge is 0.255 e. The number of nitrogens with two attached hydrogens (primary N) is 2. The van der Waals surface area contributed by atoms with Gasteiger partial charge in [0.15, 0.2) is 12.6 Å². The number of amides is 1. The lowest BCUT2D eigenvalue weighted by atomic mass is 9.94. The second-order valence-electron chi connectivity index (χ2n) is 6.51. The number of carbonyl (C=O) groups excluding carboxylic acids is 1. The lowest BCUT2D eigenvalue weighted by Crippen LogP contribution is -2.87. The van der Waals surface area contributed by atoms with Gasteiger partial charge >= 0.3 is 0 Å². The van der Waals surface area contributed by atoms with E-state index in [1.54, 1.807) is 7.11 Å². The van der Waals surface area contributed by atoms with Crippen LogP contribution in [-0.4, -0.2) is 31.2 Å². The first-order valence-electron chi connectivity index (χ1n) is 8.68. The number of fused-ring (bicyclic) bond motifs is 3. The molecule has 6 nitrogen and oxygen atoms in total. The normalized spacial score (nSPS) is 16.3. The lowest BCUT2D eigenvalue weighted by Gasteiger charge is -2.22. The lowest BCUT2D eigenvalue weighted by molar-refractivity contribution is -0.690. The number of quaternary nitrogens is 1. The molecule has 1 atom stereocenters. The zero-order valence-electron chi connectivity index (χ0n) is 14.6. The molecule has 1 aliphatic heterocycles. The third-order valence-electron chi connectivity index (χ3n) is 4.85. The fourth-order valence-corrected chi connectivity index (χ4v) is 3.68. The van der Waals surface area contributed by atoms with Gasteiger partial charge in [0.1, 0.15) is 11.5 Å². The first-order chi connectivity index (χ1) is 12.7. The van der Waals surface area contributed by atoms with Crippen molar-refractivity contribution in [2.24, 2.45) is 5.73 Å². The van der Waals surface area contributed by atoms with E-state index in [-0.39, 0.29) is 12.6 Å². The Morgan fingerprint density at radius 1 is 1.27 bits per heavy atom. The summed E-state index contributed by atoms with van der Waals surface area (Å²) in [5.74, 6) is 1.04. The summed E-state index contributed by atoms with van der Waals surface area (Å²) in [6.07, 6.45) is 1.01. The van der Waals surface area contributed by atoms with Crippen LogP contribution in [0.5, 0.6) is 11.5 Å². The van der Waals surface area contributed by atoms with Crippen molar-refractivity contribution in [3.63, 3.8) is 0 Å². The average Bonchev–Trinajstić information content (AvgIpc) is 3.04. The number of aromatic amines is 1. The van der Waals surface area contributed by atoms with Crippen molar-refractivity contribution >= 4 is 16.8 Å². The summed E-state index contributed by atoms with van der Waals surface area (Å²) in [5.41, 5.74) is 9.98. The number of nitrogens with one attached hydrogen (secondary N) is 1. The molecule has 0 saturated heterocycles. The summed E-state index contributed by atoms with van der Waals surface area (Å²) in [4.78, 5) is 14.5. The summed E-state index contributed by atoms with van der Waals surface area (Å²) in [7, 11) is 1.69. The second-order valence-corrected chi connectivity index (χ2v) is 6.51. The molecule has 3 aromatic rings. The van der Waals surface area contributed by atoms with Gasteiger partial charge in [0.05, 0.1) is 19.3 Å². The van der Waals surface area contributed by atoms with E-state index >= 15 is 0 Å². The van der Waals surface area contributed by atoms with Crippen molar-refractivity contribution in [3.8, 4) is 11.5 Å². The Balaban J connectivity index is 1.72. The Labute approximate surface area is 151 Å². The Kier molecular flexibility index (Phi) is 4.26. The predicted octanol–water partition coefficient (Wildman–Crippen LogP) is 1.25. The van der Waals surface area contributed by atoms with E-state index in [4.69, 9.17) is 15.2 Å². The predicted molar refractivity (Wildman–Crippen MR) is 98.3 cm³/mol. The van der Waals surface area contributed by atoms with E-state index < -0.39 is 5.91 Å². The van der Waals surface area contributed by atoms with Crippen LogP contribution < -0.4 is 20.5 Å². The molecule has 1 aromatic heterocycles. The minimum atomic E-state index is -0.480. The minimum Gasteiger partial charge on any atom is -0.497 e. The standard InChI is InChI=1S/C20H21N3O3/c1-25-13-5-6-17-16(10-13)15-7-8-22-19(20(15)23-17)12-3-2-4-14(9-12)26-11-18(21)24/h2-6,9-10,19,22-23H,7-8,11H2,1H3,(H2,21,24)/p+1/t19-/m0/s1. The third kappa shape index (κ3) is 2.99. The van der Waals surface area contributed by atoms with Gasteiger partial charge in [-0.25, -0.2) is 0 Å². The van der Waals surface area contributed by atoms with Crippen molar-refractivity contribution in [1.82, 2.24) is 4.98 Å². The Bertz CT molecular complexity index is 964. The van der Waals surface area contributed by atoms with Gasteiger partial charge in [0.2, 0.25) is 0 Å². The molecule has 0 unspecified atom stereocenters. The highest BCUT2D eigenvalue weighted by molar-refractivity contribution is 5.86. The summed E-state index contributed by atoms with van der Waals surface area (Å²) in [5, 5.41) is 3.54. The Morgan fingerprint density at radius 3 is 2.96 bits per heavy atom. The first-order valence-corrected chi connectivity index (χ1v) is 8.68. The molecular weight excluding hydrogens is 330 g/mol. The summed E-state index contributed by atoms with van der Waals surface area (Å²) < 4.78 is 10.8. The van der Waals surface area contributed by atoms with E-state index in [1.807, 2.05) is 24.3 Å². The monoisotopic (exact) mass is 352 g/mol. The number of methoxy groups -OCH3 is 1. The highest BCUT2D eigenvalue weighted by atomic mass is 16.5. The van der Waals surface area contributed by atoms with Crippen LogP contribution in [0.25, 0.3) is 10.9 Å². The van der Waals surface area contributed by atoms with Crippen LogP contribution in [0.4, 0.5) is 0 Å². The molecule has 134 valence electrons. The molecule has 0 spiro atoms. The highest BCUT2D eigenvalue weighted by Crippen LogP contribution is 2.33. The molecular formula is C20H22N3O3+. The van der Waals surface area contributed by atoms with E-state index in [2.05, 4.69) is 28.5 Å². The van der Waals surface area contributed by atoms with E-state index in [0.717, 1.165) is 29.8 Å². The van der Waals surface area contributed by atoms with Crippen molar-refractivity contribution in [2.45, 2.75) is 12.5 Å². The first kappa shape index (κ1) is 16.5. The van der Waals surface area contributed by atoms with E-state index in [0.29, 0.717) is 5.75 Å². The van der Waals surface area contributed by atoms with Crippen molar-refractivity contribution in [2.75, 3.05) is 20.3 Å². The Hall–Kier alpha value is -2.99. The topological polar surface area (TPSA) is 93.9 Å². The average molecular weight is 352 g/mol. The number of aromatic nitrogens is 1. The molecule has 1 amide bonds. The van der Waals surface area contributed by atoms with Crippen LogP contribution in [0.3, 0.4) is 0 Å². The Morgan fingerprint density at radius 2 is 2.15 bits per heavy atom. The molecule has 26 heavy (non-hydrogen) atoms.